The van der Waals surface area contributed by atoms with Gasteiger partial charge >= 0.3 is 0 Å². The number of hydrogen-bond donors (Lipinski definition) is 1. The minimum absolute atomic E-state index is 0.0103. The molecule has 2 atom stereocenters. The number of hydrogen-bond acceptors (Lipinski definition) is 1. The van der Waals surface area contributed by atoms with E-state index in [1.807, 2.05) is 49.5 Å². The molecule has 24 heavy (non-hydrogen) atoms. The highest BCUT2D eigenvalue weighted by atomic mass is 35.5. The van der Waals surface area contributed by atoms with Gasteiger partial charge < -0.3 is 10.2 Å². The lowest BCUT2D eigenvalue weighted by atomic mass is 10.1. The van der Waals surface area contributed by atoms with Gasteiger partial charge in [0.2, 0.25) is 0 Å². The van der Waals surface area contributed by atoms with Crippen molar-refractivity contribution in [3.63, 3.8) is 0 Å². The van der Waals surface area contributed by atoms with Gasteiger partial charge in [-0.2, -0.15) is 0 Å². The Hall–Kier alpha value is -1.62. The summed E-state index contributed by atoms with van der Waals surface area (Å²) in [4.78, 5) is 14.2. The van der Waals surface area contributed by atoms with Crippen LogP contribution < -0.4 is 10.2 Å². The van der Waals surface area contributed by atoms with Crippen LogP contribution in [0.1, 0.15) is 25.5 Å². The van der Waals surface area contributed by atoms with Crippen LogP contribution in [0.4, 0.5) is 10.1 Å². The number of carbonyl (C=O) groups excluding carboxylic acids is 1. The van der Waals surface area contributed by atoms with Gasteiger partial charge in [-0.15, -0.1) is 0 Å². The van der Waals surface area contributed by atoms with E-state index in [0.717, 1.165) is 5.69 Å². The topological polar surface area (TPSA) is 36.9 Å². The Labute approximate surface area is 151 Å². The van der Waals surface area contributed by atoms with Crippen molar-refractivity contribution in [1.29, 1.82) is 0 Å². The van der Waals surface area contributed by atoms with Crippen LogP contribution in [-0.4, -0.2) is 19.0 Å². The Bertz CT molecular complexity index is 724. The van der Waals surface area contributed by atoms with E-state index in [4.69, 9.17) is 23.2 Å². The molecule has 6 heteroatoms. The van der Waals surface area contributed by atoms with Crippen LogP contribution in [0.15, 0.2) is 42.5 Å². The van der Waals surface area contributed by atoms with Crippen molar-refractivity contribution in [2.24, 2.45) is 0 Å². The van der Waals surface area contributed by atoms with E-state index in [0.29, 0.717) is 10.6 Å². The number of nitrogens with two attached hydrogens (primary N) is 1. The largest absolute Gasteiger partial charge is 0.330 e. The molecule has 0 aliphatic heterocycles. The third-order valence-corrected chi connectivity index (χ3v) is 4.59. The summed E-state index contributed by atoms with van der Waals surface area (Å²) < 4.78 is 13.7. The molecule has 0 aliphatic rings. The Morgan fingerprint density at radius 2 is 1.75 bits per heavy atom. The number of anilines is 1. The van der Waals surface area contributed by atoms with Gasteiger partial charge in [-0.1, -0.05) is 41.4 Å². The molecule has 0 unspecified atom stereocenters. The van der Waals surface area contributed by atoms with Crippen molar-refractivity contribution in [2.75, 3.05) is 11.9 Å². The molecule has 1 amide bonds. The summed E-state index contributed by atoms with van der Waals surface area (Å²) in [5.74, 6) is -0.560. The smallest absolute Gasteiger partial charge is 0.284 e. The summed E-state index contributed by atoms with van der Waals surface area (Å²) in [6.45, 7) is 3.69. The molecule has 0 radical (unpaired) electrons. The fourth-order valence-electron chi connectivity index (χ4n) is 2.59. The molecule has 2 rings (SSSR count). The van der Waals surface area contributed by atoms with E-state index < -0.39 is 5.82 Å². The highest BCUT2D eigenvalue weighted by Crippen LogP contribution is 2.27. The molecular weight excluding hydrogens is 350 g/mol. The first kappa shape index (κ1) is 18.7. The Balaban J connectivity index is 2.10. The molecule has 0 fully saturated rings. The molecule has 2 N–H and O–H groups in total. The lowest BCUT2D eigenvalue weighted by molar-refractivity contribution is -0.710. The Kier molecular flexibility index (Phi) is 6.21. The van der Waals surface area contributed by atoms with Crippen molar-refractivity contribution in [3.05, 3.63) is 63.9 Å². The number of amides is 1. The second kappa shape index (κ2) is 7.97. The lowest BCUT2D eigenvalue weighted by Crippen LogP contribution is -2.92. The van der Waals surface area contributed by atoms with Crippen LogP contribution in [0.5, 0.6) is 0 Å². The van der Waals surface area contributed by atoms with Gasteiger partial charge in [0.25, 0.3) is 5.91 Å². The van der Waals surface area contributed by atoms with Gasteiger partial charge in [-0.05, 0) is 38.1 Å². The second-order valence-corrected chi connectivity index (χ2v) is 6.60. The third-order valence-electron chi connectivity index (χ3n) is 3.97. The third kappa shape index (κ3) is 4.26. The number of rotatable bonds is 5. The average Bonchev–Trinajstić information content (AvgIpc) is 2.57. The molecule has 0 spiro atoms. The van der Waals surface area contributed by atoms with Crippen molar-refractivity contribution in [3.8, 4) is 0 Å². The highest BCUT2D eigenvalue weighted by molar-refractivity contribution is 6.35. The predicted octanol–water partition coefficient (Wildman–Crippen LogP) is 3.81. The van der Waals surface area contributed by atoms with E-state index in [1.54, 1.807) is 11.9 Å². The number of benzene rings is 2. The first-order valence-electron chi connectivity index (χ1n) is 7.63. The molecule has 0 saturated heterocycles. The van der Waals surface area contributed by atoms with Crippen molar-refractivity contribution in [1.82, 2.24) is 0 Å². The zero-order valence-corrected chi connectivity index (χ0v) is 15.3. The van der Waals surface area contributed by atoms with E-state index in [1.165, 1.54) is 12.1 Å². The van der Waals surface area contributed by atoms with Crippen LogP contribution in [0.25, 0.3) is 0 Å². The zero-order chi connectivity index (χ0) is 17.9. The monoisotopic (exact) mass is 369 g/mol. The van der Waals surface area contributed by atoms with Gasteiger partial charge in [-0.3, -0.25) is 4.79 Å². The fraction of sp³-hybridized carbons (Fsp3) is 0.278. The molecular formula is C18H20Cl2FN2O+. The fourth-order valence-corrected chi connectivity index (χ4v) is 3.15. The first-order valence-corrected chi connectivity index (χ1v) is 8.39. The van der Waals surface area contributed by atoms with Crippen LogP contribution >= 0.6 is 23.2 Å². The Morgan fingerprint density at radius 1 is 1.12 bits per heavy atom. The first-order chi connectivity index (χ1) is 11.3. The van der Waals surface area contributed by atoms with Gasteiger partial charge in [0, 0.05) is 18.3 Å². The van der Waals surface area contributed by atoms with Crippen molar-refractivity contribution in [2.45, 2.75) is 25.9 Å². The minimum Gasteiger partial charge on any atom is -0.330 e. The molecule has 0 heterocycles. The molecule has 128 valence electrons. The van der Waals surface area contributed by atoms with Crippen molar-refractivity contribution < 1.29 is 14.5 Å². The summed E-state index contributed by atoms with van der Waals surface area (Å²) in [7, 11) is 1.74. The normalized spacial score (nSPS) is 13.4. The van der Waals surface area contributed by atoms with E-state index >= 15 is 0 Å². The molecule has 2 aromatic rings. The molecule has 0 bridgehead atoms. The van der Waals surface area contributed by atoms with E-state index in [-0.39, 0.29) is 23.0 Å². The summed E-state index contributed by atoms with van der Waals surface area (Å²) in [6.07, 6.45) is 0. The Morgan fingerprint density at radius 3 is 2.38 bits per heavy atom. The summed E-state index contributed by atoms with van der Waals surface area (Å²) in [5.41, 5.74) is 1.44. The lowest BCUT2D eigenvalue weighted by Gasteiger charge is -2.23. The van der Waals surface area contributed by atoms with Crippen molar-refractivity contribution >= 4 is 34.8 Å². The summed E-state index contributed by atoms with van der Waals surface area (Å²) in [5, 5.41) is 2.24. The second-order valence-electron chi connectivity index (χ2n) is 5.79. The molecule has 0 aromatic heterocycles. The zero-order valence-electron chi connectivity index (χ0n) is 13.8. The molecule has 2 aromatic carbocycles. The summed E-state index contributed by atoms with van der Waals surface area (Å²) >= 11 is 11.9. The number of quaternary nitrogens is 1. The van der Waals surface area contributed by atoms with Gasteiger partial charge in [0.1, 0.15) is 11.9 Å². The number of carbonyl (C=O) groups is 1. The quantitative estimate of drug-likeness (QED) is 0.799. The maximum Gasteiger partial charge on any atom is 0.284 e. The number of para-hydroxylation sites is 1. The summed E-state index contributed by atoms with van der Waals surface area (Å²) in [6, 6.07) is 11.6. The number of likely N-dealkylation sites (N-methyl/N-ethyl adjacent to an activating group) is 1. The van der Waals surface area contributed by atoms with Crippen LogP contribution in [0, 0.1) is 5.82 Å². The highest BCUT2D eigenvalue weighted by Gasteiger charge is 2.25. The molecule has 3 nitrogen and oxygen atoms in total. The van der Waals surface area contributed by atoms with Gasteiger partial charge in [0.05, 0.1) is 10.0 Å². The van der Waals surface area contributed by atoms with Crippen LogP contribution in [-0.2, 0) is 4.79 Å². The predicted molar refractivity (Wildman–Crippen MR) is 96.1 cm³/mol. The molecule has 0 aliphatic carbocycles. The van der Waals surface area contributed by atoms with Gasteiger partial charge in [-0.25, -0.2) is 4.39 Å². The van der Waals surface area contributed by atoms with Crippen LogP contribution in [0.2, 0.25) is 10.0 Å². The SMILES string of the molecule is C[C@H]([NH2+][C@@H](C)c1cc(F)c(Cl)cc1Cl)C(=O)N(C)c1ccccc1. The minimum atomic E-state index is -0.517. The number of halogens is 3. The van der Waals surface area contributed by atoms with E-state index in [9.17, 15) is 9.18 Å². The maximum atomic E-state index is 13.7. The van der Waals surface area contributed by atoms with Gasteiger partial charge in [0.15, 0.2) is 6.04 Å². The molecule has 0 saturated carbocycles. The number of nitrogens with zero attached hydrogens (tertiary/aromatic N) is 1. The van der Waals surface area contributed by atoms with E-state index in [2.05, 4.69) is 0 Å². The van der Waals surface area contributed by atoms with Crippen LogP contribution in [0.3, 0.4) is 0 Å². The average molecular weight is 370 g/mol. The maximum absolute atomic E-state index is 13.7. The standard InChI is InChI=1S/C18H19Cl2FN2O/c1-11(14-9-17(21)16(20)10-15(14)19)22-12(2)18(24)23(3)13-7-5-4-6-8-13/h4-12,22H,1-3H3/p+1/t11-,12-/m0/s1.